The number of ether oxygens (including phenoxy) is 2. The molecular weight excluding hydrogens is 431 g/mol. The first-order valence-electron chi connectivity index (χ1n) is 9.55. The van der Waals surface area contributed by atoms with Crippen LogP contribution in [-0.2, 0) is 23.4 Å². The first kappa shape index (κ1) is 24.1. The van der Waals surface area contributed by atoms with Crippen molar-refractivity contribution < 1.29 is 32.9 Å². The Morgan fingerprint density at radius 3 is 2.70 bits per heavy atom. The zero-order valence-corrected chi connectivity index (χ0v) is 18.3. The van der Waals surface area contributed by atoms with Crippen LogP contribution in [0.25, 0.3) is 0 Å². The zero-order chi connectivity index (χ0) is 21.8. The lowest BCUT2D eigenvalue weighted by molar-refractivity contribution is -0.143. The van der Waals surface area contributed by atoms with Gasteiger partial charge in [-0.15, -0.1) is 0 Å². The second kappa shape index (κ2) is 13.2. The molecule has 11 heteroatoms. The summed E-state index contributed by atoms with van der Waals surface area (Å²) < 4.78 is 26.2. The lowest BCUT2D eigenvalue weighted by Gasteiger charge is -2.27. The van der Waals surface area contributed by atoms with Gasteiger partial charge < -0.3 is 20.1 Å². The lowest BCUT2D eigenvalue weighted by atomic mass is 9.89. The smallest absolute Gasteiger partial charge is 0.407 e. The van der Waals surface area contributed by atoms with E-state index in [-0.39, 0.29) is 55.8 Å². The number of hydrogen-bond acceptors (Lipinski definition) is 8. The number of alkyl carbamates (subject to hydrolysis) is 1. The van der Waals surface area contributed by atoms with Crippen molar-refractivity contribution in [3.8, 4) is 0 Å². The molecule has 0 radical (unpaired) electrons. The van der Waals surface area contributed by atoms with Crippen LogP contribution in [0.1, 0.15) is 31.2 Å². The number of benzene rings is 1. The number of rotatable bonds is 12. The molecule has 0 spiro atoms. The maximum atomic E-state index is 12.4. The molecule has 2 unspecified atom stereocenters. The quantitative estimate of drug-likeness (QED) is 0.363. The van der Waals surface area contributed by atoms with E-state index in [0.29, 0.717) is 5.75 Å². The highest BCUT2D eigenvalue weighted by Crippen LogP contribution is 2.25. The van der Waals surface area contributed by atoms with Gasteiger partial charge in [0.2, 0.25) is 0 Å². The highest BCUT2D eigenvalue weighted by atomic mass is 32.2. The van der Waals surface area contributed by atoms with Crippen molar-refractivity contribution >= 4 is 37.8 Å². The maximum absolute atomic E-state index is 12.4. The number of esters is 1. The van der Waals surface area contributed by atoms with Crippen LogP contribution in [0.2, 0.25) is 0 Å². The second-order valence-corrected chi connectivity index (χ2v) is 7.92. The van der Waals surface area contributed by atoms with Gasteiger partial charge in [-0.25, -0.2) is 9.36 Å². The summed E-state index contributed by atoms with van der Waals surface area (Å²) in [6.45, 7) is 2.10. The van der Waals surface area contributed by atoms with Crippen molar-refractivity contribution in [2.45, 2.75) is 37.8 Å². The van der Waals surface area contributed by atoms with E-state index in [1.165, 1.54) is 0 Å². The molecule has 2 amide bonds. The number of hydrogen-bond donors (Lipinski definition) is 2. The molecule has 9 nitrogen and oxygen atoms in total. The minimum Gasteiger partial charge on any atom is -0.466 e. The van der Waals surface area contributed by atoms with Crippen LogP contribution in [-0.4, -0.2) is 55.0 Å². The van der Waals surface area contributed by atoms with Crippen LogP contribution >= 0.6 is 20.4 Å². The minimum absolute atomic E-state index is 0.0425. The van der Waals surface area contributed by atoms with Gasteiger partial charge >= 0.3 is 20.7 Å². The normalized spacial score (nSPS) is 17.8. The summed E-state index contributed by atoms with van der Waals surface area (Å²) in [5, 5.41) is 5.33. The highest BCUT2D eigenvalue weighted by molar-refractivity contribution is 8.13. The standard InChI is InChI=1S/C19H25N2O7PS/c1-2-26-17(22)9-8-16(15(11-28-29-25)13-6-4-3-5-7-13)21-18(23)27-10-14-12-30-19(24)20-14/h3-7,14-16H,2,8-12H2,1H3,(H,20,24)(H,21,23)/t14-,15?,16?/m1/s1. The van der Waals surface area contributed by atoms with Gasteiger partial charge in [0, 0.05) is 24.1 Å². The van der Waals surface area contributed by atoms with E-state index in [0.717, 1.165) is 17.3 Å². The van der Waals surface area contributed by atoms with Crippen molar-refractivity contribution in [2.75, 3.05) is 25.6 Å². The summed E-state index contributed by atoms with van der Waals surface area (Å²) in [6.07, 6.45) is -0.301. The average Bonchev–Trinajstić information content (AvgIpc) is 3.16. The largest absolute Gasteiger partial charge is 0.466 e. The topological polar surface area (TPSA) is 120 Å². The third-order valence-electron chi connectivity index (χ3n) is 4.44. The molecule has 1 aliphatic heterocycles. The van der Waals surface area contributed by atoms with E-state index in [1.807, 2.05) is 30.3 Å². The van der Waals surface area contributed by atoms with Gasteiger partial charge in [0.05, 0.1) is 19.3 Å². The van der Waals surface area contributed by atoms with Gasteiger partial charge in [-0.3, -0.25) is 14.1 Å². The molecule has 1 saturated heterocycles. The summed E-state index contributed by atoms with van der Waals surface area (Å²) in [5.74, 6) is -0.212. The first-order valence-corrected chi connectivity index (χ1v) is 11.3. The second-order valence-electron chi connectivity index (χ2n) is 6.52. The predicted octanol–water partition coefficient (Wildman–Crippen LogP) is 3.26. The van der Waals surface area contributed by atoms with Gasteiger partial charge in [0.25, 0.3) is 5.24 Å². The van der Waals surface area contributed by atoms with E-state index >= 15 is 0 Å². The summed E-state index contributed by atoms with van der Waals surface area (Å²) in [6, 6.07) is 8.52. The Kier molecular flexibility index (Phi) is 10.6. The molecule has 0 bridgehead atoms. The van der Waals surface area contributed by atoms with Crippen molar-refractivity contribution in [3.05, 3.63) is 35.9 Å². The molecule has 1 aromatic rings. The maximum Gasteiger partial charge on any atom is 0.407 e. The number of nitrogens with one attached hydrogen (secondary N) is 2. The third kappa shape index (κ3) is 8.30. The Morgan fingerprint density at radius 2 is 2.07 bits per heavy atom. The van der Waals surface area contributed by atoms with Crippen LogP contribution in [0.3, 0.4) is 0 Å². The van der Waals surface area contributed by atoms with E-state index < -0.39 is 20.8 Å². The highest BCUT2D eigenvalue weighted by Gasteiger charge is 2.28. The van der Waals surface area contributed by atoms with Crippen LogP contribution in [0.15, 0.2) is 30.3 Å². The first-order chi connectivity index (χ1) is 14.5. The van der Waals surface area contributed by atoms with Crippen molar-refractivity contribution in [1.29, 1.82) is 0 Å². The molecule has 1 aromatic carbocycles. The van der Waals surface area contributed by atoms with E-state index in [2.05, 4.69) is 10.6 Å². The van der Waals surface area contributed by atoms with Crippen molar-refractivity contribution in [2.24, 2.45) is 0 Å². The summed E-state index contributed by atoms with van der Waals surface area (Å²) in [7, 11) is -0.476. The number of thioether (sulfide) groups is 1. The van der Waals surface area contributed by atoms with Gasteiger partial charge in [-0.2, -0.15) is 0 Å². The summed E-state index contributed by atoms with van der Waals surface area (Å²) in [4.78, 5) is 35.5. The molecule has 1 aliphatic rings. The molecular formula is C19H25N2O7PS. The Bertz CT molecular complexity index is 722. The molecule has 1 fully saturated rings. The number of carbonyl (C=O) groups is 3. The fourth-order valence-corrected chi connectivity index (χ4v) is 4.03. The van der Waals surface area contributed by atoms with Crippen LogP contribution in [0.5, 0.6) is 0 Å². The van der Waals surface area contributed by atoms with Crippen LogP contribution in [0.4, 0.5) is 9.59 Å². The predicted molar refractivity (Wildman–Crippen MR) is 112 cm³/mol. The van der Waals surface area contributed by atoms with E-state index in [9.17, 15) is 18.9 Å². The van der Waals surface area contributed by atoms with Gasteiger partial charge in [-0.1, -0.05) is 42.1 Å². The van der Waals surface area contributed by atoms with Gasteiger partial charge in [-0.05, 0) is 18.9 Å². The Balaban J connectivity index is 2.06. The molecule has 0 aromatic heterocycles. The Labute approximate surface area is 180 Å². The molecule has 30 heavy (non-hydrogen) atoms. The molecule has 3 atom stereocenters. The molecule has 164 valence electrons. The Morgan fingerprint density at radius 1 is 1.30 bits per heavy atom. The number of amides is 2. The van der Waals surface area contributed by atoms with Crippen LogP contribution < -0.4 is 10.6 Å². The Hall–Kier alpha value is -2.16. The SMILES string of the molecule is CCOC(=O)CCC(NC(=O)OC[C@@H]1CSC(=O)N1)C(COP=O)c1ccccc1. The molecule has 2 rings (SSSR count). The van der Waals surface area contributed by atoms with Gasteiger partial charge in [0.15, 0.2) is 0 Å². The fourth-order valence-electron chi connectivity index (χ4n) is 3.02. The fraction of sp³-hybridized carbons (Fsp3) is 0.526. The van der Waals surface area contributed by atoms with Crippen molar-refractivity contribution in [3.63, 3.8) is 0 Å². The van der Waals surface area contributed by atoms with Crippen LogP contribution in [0, 0.1) is 0 Å². The molecule has 2 N–H and O–H groups in total. The van der Waals surface area contributed by atoms with Crippen molar-refractivity contribution in [1.82, 2.24) is 10.6 Å². The monoisotopic (exact) mass is 456 g/mol. The molecule has 0 saturated carbocycles. The molecule has 1 heterocycles. The third-order valence-corrected chi connectivity index (χ3v) is 5.65. The van der Waals surface area contributed by atoms with E-state index in [1.54, 1.807) is 6.92 Å². The average molecular weight is 456 g/mol. The lowest BCUT2D eigenvalue weighted by Crippen LogP contribution is -2.43. The number of carbonyl (C=O) groups excluding carboxylic acids is 3. The molecule has 0 aliphatic carbocycles. The summed E-state index contributed by atoms with van der Waals surface area (Å²) in [5.41, 5.74) is 0.856. The minimum atomic E-state index is -0.671. The van der Waals surface area contributed by atoms with E-state index in [4.69, 9.17) is 14.0 Å². The zero-order valence-electron chi connectivity index (χ0n) is 16.6. The summed E-state index contributed by atoms with van der Waals surface area (Å²) >= 11 is 1.14. The van der Waals surface area contributed by atoms with Gasteiger partial charge in [0.1, 0.15) is 6.61 Å².